The first-order valence-corrected chi connectivity index (χ1v) is 10.5. The van der Waals surface area contributed by atoms with Crippen molar-refractivity contribution in [2.24, 2.45) is 5.92 Å². The van der Waals surface area contributed by atoms with E-state index in [1.165, 1.54) is 4.90 Å². The highest BCUT2D eigenvalue weighted by Crippen LogP contribution is 2.21. The molecule has 32 heavy (non-hydrogen) atoms. The molecule has 166 valence electrons. The van der Waals surface area contributed by atoms with Gasteiger partial charge in [-0.3, -0.25) is 9.59 Å². The summed E-state index contributed by atoms with van der Waals surface area (Å²) in [5.41, 5.74) is 1.98. The Kier molecular flexibility index (Phi) is 6.58. The molecule has 0 radical (unpaired) electrons. The van der Waals surface area contributed by atoms with E-state index in [-0.39, 0.29) is 17.4 Å². The summed E-state index contributed by atoms with van der Waals surface area (Å²) in [4.78, 5) is 30.7. The highest BCUT2D eigenvalue weighted by Gasteiger charge is 2.28. The lowest BCUT2D eigenvalue weighted by molar-refractivity contribution is -0.126. The highest BCUT2D eigenvalue weighted by molar-refractivity contribution is 5.94. The van der Waals surface area contributed by atoms with Crippen LogP contribution in [0.5, 0.6) is 0 Å². The summed E-state index contributed by atoms with van der Waals surface area (Å²) in [5.74, 6) is -2.32. The first-order valence-electron chi connectivity index (χ1n) is 10.5. The fourth-order valence-corrected chi connectivity index (χ4v) is 3.94. The number of carbonyl (C=O) groups excluding carboxylic acids is 2. The van der Waals surface area contributed by atoms with Crippen molar-refractivity contribution in [1.82, 2.24) is 19.8 Å². The summed E-state index contributed by atoms with van der Waals surface area (Å²) in [6.45, 7) is 1.85. The van der Waals surface area contributed by atoms with Crippen molar-refractivity contribution >= 4 is 11.8 Å². The van der Waals surface area contributed by atoms with Crippen LogP contribution in [0, 0.1) is 17.6 Å². The van der Waals surface area contributed by atoms with Crippen LogP contribution in [0.2, 0.25) is 0 Å². The molecule has 2 amide bonds. The Labute approximate surface area is 184 Å². The van der Waals surface area contributed by atoms with Crippen LogP contribution in [0.3, 0.4) is 0 Å². The molecule has 0 saturated carbocycles. The van der Waals surface area contributed by atoms with E-state index < -0.39 is 17.5 Å². The van der Waals surface area contributed by atoms with E-state index in [1.54, 1.807) is 12.5 Å². The van der Waals surface area contributed by atoms with Crippen molar-refractivity contribution in [1.29, 1.82) is 0 Å². The number of piperidine rings is 1. The molecule has 1 aromatic heterocycles. The van der Waals surface area contributed by atoms with E-state index in [0.717, 1.165) is 23.3 Å². The number of rotatable bonds is 6. The Morgan fingerprint density at radius 3 is 2.56 bits per heavy atom. The first-order chi connectivity index (χ1) is 15.5. The Morgan fingerprint density at radius 1 is 1.06 bits per heavy atom. The van der Waals surface area contributed by atoms with Gasteiger partial charge in [0.05, 0.1) is 11.9 Å². The van der Waals surface area contributed by atoms with Gasteiger partial charge in [0.15, 0.2) is 0 Å². The van der Waals surface area contributed by atoms with Crippen molar-refractivity contribution in [3.05, 3.63) is 89.5 Å². The molecule has 6 nitrogen and oxygen atoms in total. The number of nitrogens with one attached hydrogen (secondary N) is 1. The Morgan fingerprint density at radius 2 is 1.84 bits per heavy atom. The molecular weight excluding hydrogens is 414 g/mol. The number of halogens is 2. The lowest BCUT2D eigenvalue weighted by Gasteiger charge is -2.31. The maximum atomic E-state index is 13.9. The van der Waals surface area contributed by atoms with Crippen molar-refractivity contribution in [3.8, 4) is 0 Å². The molecule has 0 aliphatic carbocycles. The fourth-order valence-electron chi connectivity index (χ4n) is 3.94. The van der Waals surface area contributed by atoms with E-state index in [1.807, 2.05) is 29.0 Å². The SMILES string of the molecule is O=C(NCc1cccc(Cn2ccnc2)c1)C1CCN(C(=O)c2ccc(F)cc2F)CC1. The minimum absolute atomic E-state index is 0.0509. The predicted octanol–water partition coefficient (Wildman–Crippen LogP) is 3.38. The monoisotopic (exact) mass is 438 g/mol. The summed E-state index contributed by atoms with van der Waals surface area (Å²) in [5, 5.41) is 2.98. The van der Waals surface area contributed by atoms with Gasteiger partial charge in [0.2, 0.25) is 5.91 Å². The quantitative estimate of drug-likeness (QED) is 0.642. The largest absolute Gasteiger partial charge is 0.352 e. The average molecular weight is 438 g/mol. The van der Waals surface area contributed by atoms with Gasteiger partial charge < -0.3 is 14.8 Å². The zero-order chi connectivity index (χ0) is 22.5. The van der Waals surface area contributed by atoms with Crippen molar-refractivity contribution < 1.29 is 18.4 Å². The van der Waals surface area contributed by atoms with Crippen LogP contribution in [0.15, 0.2) is 61.2 Å². The second kappa shape index (κ2) is 9.72. The summed E-state index contributed by atoms with van der Waals surface area (Å²) in [6.07, 6.45) is 6.40. The third-order valence-electron chi connectivity index (χ3n) is 5.70. The molecule has 1 N–H and O–H groups in total. The molecular formula is C24H24F2N4O2. The second-order valence-electron chi connectivity index (χ2n) is 7.96. The van der Waals surface area contributed by atoms with Crippen LogP contribution in [0.1, 0.15) is 34.3 Å². The zero-order valence-corrected chi connectivity index (χ0v) is 17.5. The molecule has 1 fully saturated rings. The Bertz CT molecular complexity index is 1090. The van der Waals surface area contributed by atoms with Crippen LogP contribution in [-0.4, -0.2) is 39.4 Å². The van der Waals surface area contributed by atoms with E-state index in [9.17, 15) is 18.4 Å². The number of likely N-dealkylation sites (tertiary alicyclic amines) is 1. The standard InChI is InChI=1S/C24H24F2N4O2/c25-20-4-5-21(22(26)13-20)24(32)30-9-6-19(7-10-30)23(31)28-14-17-2-1-3-18(12-17)15-29-11-8-27-16-29/h1-5,8,11-13,16,19H,6-7,9-10,14-15H2,(H,28,31). The van der Waals surface area contributed by atoms with Crippen molar-refractivity contribution in [3.63, 3.8) is 0 Å². The van der Waals surface area contributed by atoms with Crippen LogP contribution < -0.4 is 5.32 Å². The lowest BCUT2D eigenvalue weighted by Crippen LogP contribution is -2.43. The molecule has 0 bridgehead atoms. The highest BCUT2D eigenvalue weighted by atomic mass is 19.1. The number of imidazole rings is 1. The number of hydrogen-bond donors (Lipinski definition) is 1. The molecule has 0 atom stereocenters. The minimum atomic E-state index is -0.870. The second-order valence-corrected chi connectivity index (χ2v) is 7.96. The Hall–Kier alpha value is -3.55. The number of carbonyl (C=O) groups is 2. The molecule has 1 aliphatic heterocycles. The molecule has 1 saturated heterocycles. The molecule has 0 unspecified atom stereocenters. The smallest absolute Gasteiger partial charge is 0.256 e. The molecule has 2 heterocycles. The zero-order valence-electron chi connectivity index (χ0n) is 17.5. The normalized spacial score (nSPS) is 14.4. The van der Waals surface area contributed by atoms with Gasteiger partial charge in [-0.1, -0.05) is 24.3 Å². The topological polar surface area (TPSA) is 67.2 Å². The average Bonchev–Trinajstić information content (AvgIpc) is 3.30. The summed E-state index contributed by atoms with van der Waals surface area (Å²) in [7, 11) is 0. The van der Waals surface area contributed by atoms with Crippen molar-refractivity contribution in [2.45, 2.75) is 25.9 Å². The molecule has 3 aromatic rings. The molecule has 4 rings (SSSR count). The summed E-state index contributed by atoms with van der Waals surface area (Å²) < 4.78 is 29.0. The van der Waals surface area contributed by atoms with Gasteiger partial charge >= 0.3 is 0 Å². The maximum Gasteiger partial charge on any atom is 0.256 e. The lowest BCUT2D eigenvalue weighted by atomic mass is 9.95. The number of hydrogen-bond acceptors (Lipinski definition) is 3. The van der Waals surface area contributed by atoms with E-state index in [0.29, 0.717) is 45.1 Å². The van der Waals surface area contributed by atoms with E-state index in [2.05, 4.69) is 16.4 Å². The number of amides is 2. The molecule has 1 aliphatic rings. The number of benzene rings is 2. The van der Waals surface area contributed by atoms with Gasteiger partial charge in [-0.05, 0) is 36.1 Å². The van der Waals surface area contributed by atoms with Crippen LogP contribution in [0.25, 0.3) is 0 Å². The van der Waals surface area contributed by atoms with E-state index >= 15 is 0 Å². The van der Waals surface area contributed by atoms with Gasteiger partial charge in [0.1, 0.15) is 11.6 Å². The van der Waals surface area contributed by atoms with Crippen LogP contribution in [-0.2, 0) is 17.9 Å². The number of aromatic nitrogens is 2. The van der Waals surface area contributed by atoms with Crippen LogP contribution in [0.4, 0.5) is 8.78 Å². The molecule has 8 heteroatoms. The number of nitrogens with zero attached hydrogens (tertiary/aromatic N) is 3. The first kappa shape index (κ1) is 21.7. The van der Waals surface area contributed by atoms with Crippen molar-refractivity contribution in [2.75, 3.05) is 13.1 Å². The van der Waals surface area contributed by atoms with Gasteiger partial charge in [0.25, 0.3) is 5.91 Å². The van der Waals surface area contributed by atoms with Gasteiger partial charge in [0, 0.05) is 50.6 Å². The minimum Gasteiger partial charge on any atom is -0.352 e. The van der Waals surface area contributed by atoms with Gasteiger partial charge in [-0.25, -0.2) is 13.8 Å². The van der Waals surface area contributed by atoms with E-state index in [4.69, 9.17) is 0 Å². The summed E-state index contributed by atoms with van der Waals surface area (Å²) in [6, 6.07) is 11.0. The summed E-state index contributed by atoms with van der Waals surface area (Å²) >= 11 is 0. The Balaban J connectivity index is 1.27. The molecule has 2 aromatic carbocycles. The maximum absolute atomic E-state index is 13.9. The molecule has 0 spiro atoms. The third-order valence-corrected chi connectivity index (χ3v) is 5.70. The fraction of sp³-hybridized carbons (Fsp3) is 0.292. The van der Waals surface area contributed by atoms with Gasteiger partial charge in [-0.15, -0.1) is 0 Å². The predicted molar refractivity (Wildman–Crippen MR) is 115 cm³/mol. The van der Waals surface area contributed by atoms with Crippen LogP contribution >= 0.6 is 0 Å². The third kappa shape index (κ3) is 5.19. The van der Waals surface area contributed by atoms with Gasteiger partial charge in [-0.2, -0.15) is 0 Å².